The van der Waals surface area contributed by atoms with Crippen LogP contribution in [0, 0.1) is 17.6 Å². The van der Waals surface area contributed by atoms with Gasteiger partial charge in [-0.1, -0.05) is 0 Å². The second-order valence-electron chi connectivity index (χ2n) is 4.94. The zero-order chi connectivity index (χ0) is 13.8. The summed E-state index contributed by atoms with van der Waals surface area (Å²) in [4.78, 5) is 13.8. The van der Waals surface area contributed by atoms with E-state index in [2.05, 4.69) is 5.32 Å². The average Bonchev–Trinajstić information content (AvgIpc) is 2.41. The standard InChI is InChI=1S/C14H18F2N2O.ClH/c1-17-8-10-3-2-6-18(9-10)14(19)12-7-11(15)4-5-13(12)16;/h4-5,7,10,17H,2-3,6,8-9H2,1H3;1H. The first-order valence-corrected chi connectivity index (χ1v) is 6.50. The Morgan fingerprint density at radius 1 is 1.45 bits per heavy atom. The number of nitrogens with zero attached hydrogens (tertiary/aromatic N) is 1. The fourth-order valence-corrected chi connectivity index (χ4v) is 2.54. The third-order valence-corrected chi connectivity index (χ3v) is 3.46. The highest BCUT2D eigenvalue weighted by molar-refractivity contribution is 5.94. The number of piperidine rings is 1. The van der Waals surface area contributed by atoms with Crippen LogP contribution >= 0.6 is 12.4 Å². The predicted octanol–water partition coefficient (Wildman–Crippen LogP) is 2.46. The zero-order valence-corrected chi connectivity index (χ0v) is 12.2. The molecule has 1 amide bonds. The molecule has 0 radical (unpaired) electrons. The summed E-state index contributed by atoms with van der Waals surface area (Å²) < 4.78 is 26.7. The normalized spacial score (nSPS) is 18.6. The molecule has 1 N–H and O–H groups in total. The van der Waals surface area contributed by atoms with Gasteiger partial charge in [-0.25, -0.2) is 8.78 Å². The Morgan fingerprint density at radius 2 is 2.20 bits per heavy atom. The minimum atomic E-state index is -0.665. The summed E-state index contributed by atoms with van der Waals surface area (Å²) in [5.74, 6) is -1.30. The van der Waals surface area contributed by atoms with Crippen molar-refractivity contribution in [2.24, 2.45) is 5.92 Å². The van der Waals surface area contributed by atoms with Gasteiger partial charge in [0.1, 0.15) is 11.6 Å². The molecule has 6 heteroatoms. The summed E-state index contributed by atoms with van der Waals surface area (Å²) in [5.41, 5.74) is -0.176. The van der Waals surface area contributed by atoms with Crippen molar-refractivity contribution < 1.29 is 13.6 Å². The van der Waals surface area contributed by atoms with Gasteiger partial charge in [-0.15, -0.1) is 12.4 Å². The van der Waals surface area contributed by atoms with E-state index in [1.54, 1.807) is 4.90 Å². The third-order valence-electron chi connectivity index (χ3n) is 3.46. The van der Waals surface area contributed by atoms with E-state index in [-0.39, 0.29) is 18.0 Å². The molecule has 1 saturated heterocycles. The number of hydrogen-bond acceptors (Lipinski definition) is 2. The van der Waals surface area contributed by atoms with Gasteiger partial charge in [0.15, 0.2) is 0 Å². The van der Waals surface area contributed by atoms with Gasteiger partial charge < -0.3 is 10.2 Å². The van der Waals surface area contributed by atoms with Crippen LogP contribution in [-0.4, -0.2) is 37.5 Å². The quantitative estimate of drug-likeness (QED) is 0.930. The van der Waals surface area contributed by atoms with Gasteiger partial charge in [0.05, 0.1) is 5.56 Å². The van der Waals surface area contributed by atoms with E-state index in [1.807, 2.05) is 7.05 Å². The van der Waals surface area contributed by atoms with Crippen molar-refractivity contribution in [3.8, 4) is 0 Å². The van der Waals surface area contributed by atoms with Crippen LogP contribution in [0.25, 0.3) is 0 Å². The smallest absolute Gasteiger partial charge is 0.256 e. The number of amides is 1. The molecule has 0 aliphatic carbocycles. The van der Waals surface area contributed by atoms with E-state index in [0.717, 1.165) is 37.6 Å². The Hall–Kier alpha value is -1.20. The zero-order valence-electron chi connectivity index (χ0n) is 11.4. The fourth-order valence-electron chi connectivity index (χ4n) is 2.54. The summed E-state index contributed by atoms with van der Waals surface area (Å²) in [5, 5.41) is 3.09. The lowest BCUT2D eigenvalue weighted by molar-refractivity contribution is 0.0669. The molecule has 2 rings (SSSR count). The highest BCUT2D eigenvalue weighted by Gasteiger charge is 2.25. The minimum absolute atomic E-state index is 0. The highest BCUT2D eigenvalue weighted by atomic mass is 35.5. The van der Waals surface area contributed by atoms with Gasteiger partial charge in [-0.3, -0.25) is 4.79 Å². The Morgan fingerprint density at radius 3 is 2.90 bits per heavy atom. The number of halogens is 3. The molecule has 1 unspecified atom stereocenters. The summed E-state index contributed by atoms with van der Waals surface area (Å²) in [6.45, 7) is 2.03. The maximum absolute atomic E-state index is 13.6. The van der Waals surface area contributed by atoms with Crippen LogP contribution in [-0.2, 0) is 0 Å². The summed E-state index contributed by atoms with van der Waals surface area (Å²) in [6.07, 6.45) is 1.95. The van der Waals surface area contributed by atoms with Gasteiger partial charge >= 0.3 is 0 Å². The maximum Gasteiger partial charge on any atom is 0.256 e. The van der Waals surface area contributed by atoms with Crippen molar-refractivity contribution in [2.45, 2.75) is 12.8 Å². The largest absolute Gasteiger partial charge is 0.338 e. The molecule has 1 aromatic rings. The van der Waals surface area contributed by atoms with Gasteiger partial charge in [-0.05, 0) is 50.6 Å². The molecule has 1 aromatic carbocycles. The monoisotopic (exact) mass is 304 g/mol. The summed E-state index contributed by atoms with van der Waals surface area (Å²) in [6, 6.07) is 2.99. The van der Waals surface area contributed by atoms with Gasteiger partial charge in [0.25, 0.3) is 5.91 Å². The molecular formula is C14H19ClF2N2O. The number of likely N-dealkylation sites (tertiary alicyclic amines) is 1. The van der Waals surface area contributed by atoms with Crippen molar-refractivity contribution in [1.29, 1.82) is 0 Å². The predicted molar refractivity (Wildman–Crippen MR) is 76.2 cm³/mol. The van der Waals surface area contributed by atoms with E-state index >= 15 is 0 Å². The van der Waals surface area contributed by atoms with Crippen molar-refractivity contribution in [2.75, 3.05) is 26.7 Å². The number of rotatable bonds is 3. The Labute approximate surface area is 123 Å². The number of benzene rings is 1. The lowest BCUT2D eigenvalue weighted by atomic mass is 9.97. The van der Waals surface area contributed by atoms with Crippen LogP contribution in [0.15, 0.2) is 18.2 Å². The molecule has 112 valence electrons. The van der Waals surface area contributed by atoms with Gasteiger partial charge in [-0.2, -0.15) is 0 Å². The van der Waals surface area contributed by atoms with E-state index < -0.39 is 17.5 Å². The molecule has 0 aromatic heterocycles. The lowest BCUT2D eigenvalue weighted by Crippen LogP contribution is -2.42. The van der Waals surface area contributed by atoms with Crippen LogP contribution in [0.5, 0.6) is 0 Å². The van der Waals surface area contributed by atoms with Crippen LogP contribution in [0.1, 0.15) is 23.2 Å². The van der Waals surface area contributed by atoms with Crippen LogP contribution in [0.4, 0.5) is 8.78 Å². The first-order valence-electron chi connectivity index (χ1n) is 6.50. The molecular weight excluding hydrogens is 286 g/mol. The molecule has 20 heavy (non-hydrogen) atoms. The SMILES string of the molecule is CNCC1CCCN(C(=O)c2cc(F)ccc2F)C1.Cl. The van der Waals surface area contributed by atoms with Crippen molar-refractivity contribution in [3.63, 3.8) is 0 Å². The topological polar surface area (TPSA) is 32.3 Å². The summed E-state index contributed by atoms with van der Waals surface area (Å²) in [7, 11) is 1.87. The first kappa shape index (κ1) is 16.9. The molecule has 0 saturated carbocycles. The molecule has 3 nitrogen and oxygen atoms in total. The number of hydrogen-bond donors (Lipinski definition) is 1. The van der Waals surface area contributed by atoms with E-state index in [1.165, 1.54) is 0 Å². The van der Waals surface area contributed by atoms with Gasteiger partial charge in [0, 0.05) is 13.1 Å². The molecule has 1 fully saturated rings. The van der Waals surface area contributed by atoms with Crippen molar-refractivity contribution >= 4 is 18.3 Å². The second kappa shape index (κ2) is 7.55. The Bertz CT molecular complexity index is 468. The molecule has 1 atom stereocenters. The minimum Gasteiger partial charge on any atom is -0.338 e. The van der Waals surface area contributed by atoms with E-state index in [0.29, 0.717) is 19.0 Å². The fraction of sp³-hybridized carbons (Fsp3) is 0.500. The maximum atomic E-state index is 13.6. The highest BCUT2D eigenvalue weighted by Crippen LogP contribution is 2.19. The third kappa shape index (κ3) is 3.90. The van der Waals surface area contributed by atoms with Gasteiger partial charge in [0.2, 0.25) is 0 Å². The van der Waals surface area contributed by atoms with E-state index in [4.69, 9.17) is 0 Å². The van der Waals surface area contributed by atoms with E-state index in [9.17, 15) is 13.6 Å². The number of nitrogens with one attached hydrogen (secondary N) is 1. The molecule has 1 aliphatic heterocycles. The molecule has 1 aliphatic rings. The second-order valence-corrected chi connectivity index (χ2v) is 4.94. The molecule has 0 bridgehead atoms. The first-order chi connectivity index (χ1) is 9.11. The Kier molecular flexibility index (Phi) is 6.36. The Balaban J connectivity index is 0.00000200. The van der Waals surface area contributed by atoms with Crippen molar-refractivity contribution in [3.05, 3.63) is 35.4 Å². The summed E-state index contributed by atoms with van der Waals surface area (Å²) >= 11 is 0. The lowest BCUT2D eigenvalue weighted by Gasteiger charge is -2.32. The number of carbonyl (C=O) groups is 1. The van der Waals surface area contributed by atoms with Crippen LogP contribution in [0.2, 0.25) is 0 Å². The molecule has 1 heterocycles. The average molecular weight is 305 g/mol. The number of carbonyl (C=O) groups excluding carboxylic acids is 1. The van der Waals surface area contributed by atoms with Crippen LogP contribution < -0.4 is 5.32 Å². The molecule has 0 spiro atoms. The van der Waals surface area contributed by atoms with Crippen molar-refractivity contribution in [1.82, 2.24) is 10.2 Å². The van der Waals surface area contributed by atoms with Crippen LogP contribution in [0.3, 0.4) is 0 Å².